The van der Waals surface area contributed by atoms with Crippen molar-refractivity contribution in [3.63, 3.8) is 0 Å². The summed E-state index contributed by atoms with van der Waals surface area (Å²) in [6.45, 7) is 1.92. The van der Waals surface area contributed by atoms with Crippen LogP contribution in [0.5, 0.6) is 5.75 Å². The van der Waals surface area contributed by atoms with Crippen LogP contribution in [0, 0.1) is 6.92 Å². The molecule has 0 spiro atoms. The first kappa shape index (κ1) is 17.9. The zero-order chi connectivity index (χ0) is 18.0. The Hall–Kier alpha value is -1.95. The minimum Gasteiger partial charge on any atom is -0.496 e. The number of thioether (sulfide) groups is 1. The first-order chi connectivity index (χ1) is 12.0. The molecule has 1 saturated heterocycles. The van der Waals surface area contributed by atoms with E-state index in [2.05, 4.69) is 10.3 Å². The van der Waals surface area contributed by atoms with Crippen LogP contribution in [0.1, 0.15) is 11.1 Å². The van der Waals surface area contributed by atoms with Gasteiger partial charge >= 0.3 is 0 Å². The van der Waals surface area contributed by atoms with E-state index in [0.717, 1.165) is 11.1 Å². The average molecular weight is 393 g/mol. The smallest absolute Gasteiger partial charge is 0.264 e. The molecule has 0 atom stereocenters. The van der Waals surface area contributed by atoms with Gasteiger partial charge in [0, 0.05) is 15.6 Å². The summed E-state index contributed by atoms with van der Waals surface area (Å²) in [4.78, 5) is 17.1. The molecule has 1 aliphatic heterocycles. The molecule has 25 heavy (non-hydrogen) atoms. The Bertz CT molecular complexity index is 910. The number of carbonyl (C=O) groups is 1. The second kappa shape index (κ2) is 7.52. The highest BCUT2D eigenvalue weighted by Crippen LogP contribution is 2.32. The van der Waals surface area contributed by atoms with Crippen molar-refractivity contribution in [2.45, 2.75) is 6.92 Å². The van der Waals surface area contributed by atoms with Crippen LogP contribution in [0.15, 0.2) is 46.3 Å². The van der Waals surface area contributed by atoms with Gasteiger partial charge in [-0.15, -0.1) is 0 Å². The molecule has 0 saturated carbocycles. The minimum absolute atomic E-state index is 0.219. The molecule has 7 heteroatoms. The fourth-order valence-electron chi connectivity index (χ4n) is 2.21. The molecule has 0 aromatic heterocycles. The molecule has 1 heterocycles. The number of amides is 1. The zero-order valence-electron chi connectivity index (χ0n) is 13.5. The monoisotopic (exact) mass is 392 g/mol. The normalized spacial score (nSPS) is 17.2. The maximum atomic E-state index is 12.2. The summed E-state index contributed by atoms with van der Waals surface area (Å²) < 4.78 is 5.30. The van der Waals surface area contributed by atoms with E-state index in [4.69, 9.17) is 27.9 Å². The summed E-state index contributed by atoms with van der Waals surface area (Å²) >= 11 is 13.4. The lowest BCUT2D eigenvalue weighted by molar-refractivity contribution is -0.115. The molecule has 1 fully saturated rings. The summed E-state index contributed by atoms with van der Waals surface area (Å²) in [7, 11) is 1.57. The number of halogens is 2. The number of benzene rings is 2. The fraction of sp³-hybridized carbons (Fsp3) is 0.111. The number of carbonyl (C=O) groups excluding carboxylic acids is 1. The van der Waals surface area contributed by atoms with Gasteiger partial charge in [-0.2, -0.15) is 0 Å². The standard InChI is InChI=1S/C18H14Cl2N2O2S/c1-10-3-5-13(9-14(10)20)21-18-22-17(23)16(25-18)8-11-7-12(19)4-6-15(11)24-2/h3-9H,1-2H3,(H,21,22,23)/b16-8-. The largest absolute Gasteiger partial charge is 0.496 e. The lowest BCUT2D eigenvalue weighted by atomic mass is 10.2. The van der Waals surface area contributed by atoms with E-state index in [1.165, 1.54) is 11.8 Å². The summed E-state index contributed by atoms with van der Waals surface area (Å²) in [5.74, 6) is 0.421. The number of amidine groups is 1. The Morgan fingerprint density at radius 1 is 1.20 bits per heavy atom. The molecule has 1 amide bonds. The molecule has 1 aliphatic rings. The average Bonchev–Trinajstić information content (AvgIpc) is 2.90. The van der Waals surface area contributed by atoms with Gasteiger partial charge in [0.1, 0.15) is 5.75 Å². The maximum absolute atomic E-state index is 12.2. The molecule has 0 radical (unpaired) electrons. The SMILES string of the molecule is COc1ccc(Cl)cc1/C=C1\SC(=Nc2ccc(C)c(Cl)c2)NC1=O. The van der Waals surface area contributed by atoms with Crippen LogP contribution in [-0.2, 0) is 4.79 Å². The Morgan fingerprint density at radius 3 is 2.72 bits per heavy atom. The van der Waals surface area contributed by atoms with Crippen LogP contribution >= 0.6 is 35.0 Å². The van der Waals surface area contributed by atoms with Crippen molar-refractivity contribution in [1.29, 1.82) is 0 Å². The van der Waals surface area contributed by atoms with Crippen molar-refractivity contribution in [1.82, 2.24) is 5.32 Å². The molecule has 2 aromatic carbocycles. The molecule has 128 valence electrons. The van der Waals surface area contributed by atoms with Crippen LogP contribution in [0.25, 0.3) is 6.08 Å². The van der Waals surface area contributed by atoms with Gasteiger partial charge in [0.25, 0.3) is 5.91 Å². The molecule has 0 bridgehead atoms. The van der Waals surface area contributed by atoms with Crippen molar-refractivity contribution in [2.24, 2.45) is 4.99 Å². The van der Waals surface area contributed by atoms with Crippen molar-refractivity contribution >= 4 is 57.8 Å². The maximum Gasteiger partial charge on any atom is 0.264 e. The van der Waals surface area contributed by atoms with E-state index < -0.39 is 0 Å². The Labute approximate surface area is 159 Å². The number of nitrogens with zero attached hydrogens (tertiary/aromatic N) is 1. The van der Waals surface area contributed by atoms with Gasteiger partial charge in [0.2, 0.25) is 0 Å². The molecule has 1 N–H and O–H groups in total. The highest BCUT2D eigenvalue weighted by atomic mass is 35.5. The van der Waals surface area contributed by atoms with Gasteiger partial charge in [-0.05, 0) is 60.7 Å². The van der Waals surface area contributed by atoms with E-state index in [1.54, 1.807) is 37.5 Å². The predicted octanol–water partition coefficient (Wildman–Crippen LogP) is 5.20. The Balaban J connectivity index is 1.88. The number of aliphatic imine (C=N–C) groups is 1. The van der Waals surface area contributed by atoms with Crippen molar-refractivity contribution in [2.75, 3.05) is 7.11 Å². The number of hydrogen-bond acceptors (Lipinski definition) is 4. The number of hydrogen-bond donors (Lipinski definition) is 1. The quantitative estimate of drug-likeness (QED) is 0.729. The van der Waals surface area contributed by atoms with Gasteiger partial charge in [-0.3, -0.25) is 4.79 Å². The van der Waals surface area contributed by atoms with Crippen molar-refractivity contribution < 1.29 is 9.53 Å². The van der Waals surface area contributed by atoms with E-state index in [-0.39, 0.29) is 5.91 Å². The third kappa shape index (κ3) is 4.18. The van der Waals surface area contributed by atoms with Crippen LogP contribution in [-0.4, -0.2) is 18.2 Å². The van der Waals surface area contributed by atoms with Crippen LogP contribution < -0.4 is 10.1 Å². The zero-order valence-corrected chi connectivity index (χ0v) is 15.8. The van der Waals surface area contributed by atoms with Gasteiger partial charge in [-0.1, -0.05) is 29.3 Å². The topological polar surface area (TPSA) is 50.7 Å². The van der Waals surface area contributed by atoms with Gasteiger partial charge in [0.05, 0.1) is 17.7 Å². The third-order valence-electron chi connectivity index (χ3n) is 3.52. The van der Waals surface area contributed by atoms with Crippen LogP contribution in [0.2, 0.25) is 10.0 Å². The summed E-state index contributed by atoms with van der Waals surface area (Å²) in [5.41, 5.74) is 2.38. The van der Waals surface area contributed by atoms with Crippen molar-refractivity contribution in [3.8, 4) is 5.75 Å². The number of ether oxygens (including phenoxy) is 1. The van der Waals surface area contributed by atoms with E-state index in [9.17, 15) is 4.79 Å². The fourth-order valence-corrected chi connectivity index (χ4v) is 3.40. The van der Waals surface area contributed by atoms with Crippen LogP contribution in [0.3, 0.4) is 0 Å². The lowest BCUT2D eigenvalue weighted by Crippen LogP contribution is -2.19. The molecule has 0 aliphatic carbocycles. The molecular weight excluding hydrogens is 379 g/mol. The molecule has 4 nitrogen and oxygen atoms in total. The summed E-state index contributed by atoms with van der Waals surface area (Å²) in [5, 5.41) is 4.45. The Morgan fingerprint density at radius 2 is 2.00 bits per heavy atom. The van der Waals surface area contributed by atoms with E-state index >= 15 is 0 Å². The highest BCUT2D eigenvalue weighted by molar-refractivity contribution is 8.18. The first-order valence-corrected chi connectivity index (χ1v) is 8.93. The number of rotatable bonds is 3. The summed E-state index contributed by atoms with van der Waals surface area (Å²) in [6, 6.07) is 10.7. The summed E-state index contributed by atoms with van der Waals surface area (Å²) in [6.07, 6.45) is 1.73. The van der Waals surface area contributed by atoms with Gasteiger partial charge in [0.15, 0.2) is 5.17 Å². The first-order valence-electron chi connectivity index (χ1n) is 7.35. The number of aryl methyl sites for hydroxylation is 1. The molecule has 0 unspecified atom stereocenters. The molecule has 3 rings (SSSR count). The highest BCUT2D eigenvalue weighted by Gasteiger charge is 2.24. The van der Waals surface area contributed by atoms with E-state index in [0.29, 0.717) is 31.6 Å². The molecular formula is C18H14Cl2N2O2S. The minimum atomic E-state index is -0.219. The third-order valence-corrected chi connectivity index (χ3v) is 5.07. The van der Waals surface area contributed by atoms with Crippen molar-refractivity contribution in [3.05, 3.63) is 62.5 Å². The second-order valence-electron chi connectivity index (χ2n) is 5.30. The van der Waals surface area contributed by atoms with Crippen LogP contribution in [0.4, 0.5) is 5.69 Å². The van der Waals surface area contributed by atoms with Gasteiger partial charge in [-0.25, -0.2) is 4.99 Å². The van der Waals surface area contributed by atoms with Gasteiger partial charge < -0.3 is 10.1 Å². The lowest BCUT2D eigenvalue weighted by Gasteiger charge is -2.05. The number of nitrogens with one attached hydrogen (secondary N) is 1. The second-order valence-corrected chi connectivity index (χ2v) is 7.18. The Kier molecular flexibility index (Phi) is 5.37. The number of methoxy groups -OCH3 is 1. The van der Waals surface area contributed by atoms with E-state index in [1.807, 2.05) is 19.1 Å². The molecule has 2 aromatic rings. The predicted molar refractivity (Wildman–Crippen MR) is 105 cm³/mol.